The zero-order valence-electron chi connectivity index (χ0n) is 20.7. The van der Waals surface area contributed by atoms with Gasteiger partial charge >= 0.3 is 12.1 Å². The van der Waals surface area contributed by atoms with Crippen LogP contribution in [0.1, 0.15) is 25.0 Å². The number of hydrogen-bond donors (Lipinski definition) is 0. The van der Waals surface area contributed by atoms with Gasteiger partial charge in [-0.1, -0.05) is 18.2 Å². The Bertz CT molecular complexity index is 1250. The van der Waals surface area contributed by atoms with Crippen molar-refractivity contribution < 1.29 is 28.6 Å². The maximum Gasteiger partial charge on any atom is 0.422 e. The molecule has 192 valence electrons. The van der Waals surface area contributed by atoms with Gasteiger partial charge in [0.25, 0.3) is 0 Å². The van der Waals surface area contributed by atoms with Crippen LogP contribution in [0, 0.1) is 11.8 Å². The molecule has 36 heavy (non-hydrogen) atoms. The third-order valence-electron chi connectivity index (χ3n) is 7.43. The maximum absolute atomic E-state index is 13.2. The van der Waals surface area contributed by atoms with Gasteiger partial charge in [0.1, 0.15) is 5.92 Å². The first-order valence-electron chi connectivity index (χ1n) is 12.3. The van der Waals surface area contributed by atoms with Crippen LogP contribution in [0.25, 0.3) is 16.5 Å². The summed E-state index contributed by atoms with van der Waals surface area (Å²) in [6.07, 6.45) is 2.19. The Balaban J connectivity index is 1.46. The van der Waals surface area contributed by atoms with E-state index in [0.29, 0.717) is 49.4 Å². The van der Waals surface area contributed by atoms with Crippen LogP contribution < -0.4 is 0 Å². The average Bonchev–Trinajstić information content (AvgIpc) is 3.11. The van der Waals surface area contributed by atoms with Gasteiger partial charge in [-0.2, -0.15) is 0 Å². The van der Waals surface area contributed by atoms with Crippen LogP contribution in [0.5, 0.6) is 0 Å². The molecule has 0 spiro atoms. The molecule has 1 saturated heterocycles. The fourth-order valence-electron chi connectivity index (χ4n) is 5.39. The lowest BCUT2D eigenvalue weighted by molar-refractivity contribution is -0.171. The normalized spacial score (nSPS) is 21.4. The van der Waals surface area contributed by atoms with E-state index in [2.05, 4.69) is 26.9 Å². The molecule has 3 aliphatic rings. The molecule has 1 aromatic carbocycles. The van der Waals surface area contributed by atoms with E-state index in [1.165, 1.54) is 4.57 Å². The van der Waals surface area contributed by atoms with E-state index in [1.807, 2.05) is 44.0 Å². The van der Waals surface area contributed by atoms with Crippen LogP contribution >= 0.6 is 15.9 Å². The highest BCUT2D eigenvalue weighted by Gasteiger charge is 2.38. The summed E-state index contributed by atoms with van der Waals surface area (Å²) in [5.41, 5.74) is 3.86. The Hall–Kier alpha value is -2.69. The molecule has 2 aliphatic heterocycles. The number of halogens is 1. The molecule has 0 bridgehead atoms. The predicted octanol–water partition coefficient (Wildman–Crippen LogP) is 3.27. The number of nitrogens with zero attached hydrogens (tertiary/aromatic N) is 3. The summed E-state index contributed by atoms with van der Waals surface area (Å²) in [5, 5.41) is 0.969. The van der Waals surface area contributed by atoms with Crippen molar-refractivity contribution >= 4 is 50.4 Å². The quantitative estimate of drug-likeness (QED) is 0.396. The van der Waals surface area contributed by atoms with Crippen molar-refractivity contribution in [1.82, 2.24) is 14.4 Å². The summed E-state index contributed by atoms with van der Waals surface area (Å²) in [7, 11) is 2.05. The van der Waals surface area contributed by atoms with Crippen molar-refractivity contribution in [1.29, 1.82) is 0 Å². The van der Waals surface area contributed by atoms with E-state index in [0.717, 1.165) is 22.1 Å². The highest BCUT2D eigenvalue weighted by Crippen LogP contribution is 2.45. The van der Waals surface area contributed by atoms with E-state index in [1.54, 1.807) is 0 Å². The largest absolute Gasteiger partial charge is 0.427 e. The minimum Gasteiger partial charge on any atom is -0.427 e. The predicted molar refractivity (Wildman–Crippen MR) is 136 cm³/mol. The van der Waals surface area contributed by atoms with Crippen molar-refractivity contribution in [2.75, 3.05) is 46.7 Å². The highest BCUT2D eigenvalue weighted by atomic mass is 79.9. The number of benzene rings is 1. The van der Waals surface area contributed by atoms with Gasteiger partial charge in [-0.15, -0.1) is 0 Å². The fourth-order valence-corrected chi connectivity index (χ4v) is 6.08. The summed E-state index contributed by atoms with van der Waals surface area (Å²) in [4.78, 5) is 42.2. The van der Waals surface area contributed by atoms with Gasteiger partial charge in [0.2, 0.25) is 12.7 Å². The van der Waals surface area contributed by atoms with Gasteiger partial charge in [-0.05, 0) is 66.0 Å². The summed E-state index contributed by atoms with van der Waals surface area (Å²) >= 11 is 3.64. The average molecular weight is 560 g/mol. The molecule has 5 rings (SSSR count). The molecule has 9 nitrogen and oxygen atoms in total. The second-order valence-corrected chi connectivity index (χ2v) is 10.2. The number of hydrogen-bond acceptors (Lipinski definition) is 7. The Kier molecular flexibility index (Phi) is 6.93. The van der Waals surface area contributed by atoms with Crippen molar-refractivity contribution in [2.45, 2.75) is 26.3 Å². The van der Waals surface area contributed by atoms with Gasteiger partial charge in [-0.3, -0.25) is 14.5 Å². The van der Waals surface area contributed by atoms with E-state index in [9.17, 15) is 14.4 Å². The number of amides is 1. The molecule has 2 aromatic rings. The van der Waals surface area contributed by atoms with Crippen molar-refractivity contribution in [2.24, 2.45) is 11.8 Å². The minimum atomic E-state index is -0.630. The Morgan fingerprint density at radius 1 is 1.17 bits per heavy atom. The number of rotatable bonds is 6. The maximum atomic E-state index is 13.2. The number of esters is 1. The first kappa shape index (κ1) is 25.0. The zero-order valence-corrected chi connectivity index (χ0v) is 22.2. The van der Waals surface area contributed by atoms with E-state index >= 15 is 0 Å². The second-order valence-electron chi connectivity index (χ2n) is 9.43. The summed E-state index contributed by atoms with van der Waals surface area (Å²) in [6.45, 7) is 6.22. The lowest BCUT2D eigenvalue weighted by Gasteiger charge is -2.40. The monoisotopic (exact) mass is 559 g/mol. The molecule has 0 saturated carbocycles. The van der Waals surface area contributed by atoms with Crippen LogP contribution in [0.3, 0.4) is 0 Å². The smallest absolute Gasteiger partial charge is 0.422 e. The van der Waals surface area contributed by atoms with Crippen molar-refractivity contribution in [3.05, 3.63) is 40.0 Å². The first-order valence-corrected chi connectivity index (χ1v) is 13.1. The van der Waals surface area contributed by atoms with Crippen molar-refractivity contribution in [3.63, 3.8) is 0 Å². The first-order chi connectivity index (χ1) is 17.3. The van der Waals surface area contributed by atoms with Crippen LogP contribution in [-0.2, 0) is 30.2 Å². The summed E-state index contributed by atoms with van der Waals surface area (Å²) in [5.74, 6) is -0.804. The number of carbonyl (C=O) groups excluding carboxylic acids is 3. The number of carbonyl (C=O) groups is 3. The lowest BCUT2D eigenvalue weighted by Crippen LogP contribution is -2.47. The molecule has 0 unspecified atom stereocenters. The molecule has 1 fully saturated rings. The van der Waals surface area contributed by atoms with Crippen LogP contribution in [0.4, 0.5) is 4.79 Å². The number of likely N-dealkylation sites (N-methyl/N-ethyl adjacent to an activating group) is 1. The molecule has 1 aromatic heterocycles. The lowest BCUT2D eigenvalue weighted by atomic mass is 9.79. The Labute approximate surface area is 218 Å². The molecule has 10 heteroatoms. The summed E-state index contributed by atoms with van der Waals surface area (Å²) < 4.78 is 17.5. The molecular weight excluding hydrogens is 530 g/mol. The molecule has 1 amide bonds. The van der Waals surface area contributed by atoms with Crippen LogP contribution in [0.15, 0.2) is 28.9 Å². The van der Waals surface area contributed by atoms with Crippen LogP contribution in [0.2, 0.25) is 0 Å². The van der Waals surface area contributed by atoms with Crippen LogP contribution in [-0.4, -0.2) is 85.1 Å². The van der Waals surface area contributed by atoms with E-state index < -0.39 is 18.9 Å². The third kappa shape index (κ3) is 4.14. The Morgan fingerprint density at radius 3 is 2.58 bits per heavy atom. The number of ether oxygens (including phenoxy) is 3. The van der Waals surface area contributed by atoms with Crippen molar-refractivity contribution in [3.8, 4) is 0 Å². The molecule has 2 atom stereocenters. The van der Waals surface area contributed by atoms with E-state index in [-0.39, 0.29) is 23.8 Å². The highest BCUT2D eigenvalue weighted by molar-refractivity contribution is 9.10. The number of aromatic nitrogens is 1. The molecule has 0 radical (unpaired) electrons. The topological polar surface area (TPSA) is 90.3 Å². The third-order valence-corrected chi connectivity index (χ3v) is 8.26. The van der Waals surface area contributed by atoms with Gasteiger partial charge < -0.3 is 19.1 Å². The van der Waals surface area contributed by atoms with Gasteiger partial charge in [-0.25, -0.2) is 9.36 Å². The van der Waals surface area contributed by atoms with Gasteiger partial charge in [0.05, 0.1) is 29.3 Å². The zero-order chi connectivity index (χ0) is 25.6. The Morgan fingerprint density at radius 2 is 1.92 bits per heavy atom. The molecule has 3 heterocycles. The van der Waals surface area contributed by atoms with E-state index in [4.69, 9.17) is 14.2 Å². The molecule has 1 aliphatic carbocycles. The number of fused-ring (bicyclic) bond motifs is 2. The summed E-state index contributed by atoms with van der Waals surface area (Å²) in [6, 6.07) is 5.93. The SMILES string of the molecule is CCN(CC)C(=O)[C@@H]1C=C2c3cccc4c3c(c(Br)n4C(=O)OCOC(=O)C3COC3)C[C@H]2N(C)C1. The molecule has 0 N–H and O–H groups in total. The fraction of sp³-hybridized carbons (Fsp3) is 0.500. The second kappa shape index (κ2) is 9.99. The molecular formula is C26H30BrN3O6. The van der Waals surface area contributed by atoms with Gasteiger partial charge in [0.15, 0.2) is 0 Å². The standard InChI is InChI=1S/C26H30BrN3O6/c1-4-29(5-2)24(31)15-9-18-17-7-6-8-20-22(17)19(10-21(18)28(3)11-15)23(27)30(20)26(33)36-14-35-25(32)16-12-34-13-16/h6-9,15-16,21H,4-5,10-14H2,1-3H3/t15-,21-/m1/s1. The van der Waals surface area contributed by atoms with Gasteiger partial charge in [0, 0.05) is 31.1 Å². The minimum absolute atomic E-state index is 0.0951.